The molecule has 2 aliphatic rings. The first kappa shape index (κ1) is 24.8. The lowest BCUT2D eigenvalue weighted by Crippen LogP contribution is -2.58. The maximum atomic E-state index is 13.1. The quantitative estimate of drug-likeness (QED) is 0.581. The van der Waals surface area contributed by atoms with Crippen LogP contribution in [-0.4, -0.2) is 60.4 Å². The van der Waals surface area contributed by atoms with Gasteiger partial charge in [0.05, 0.1) is 6.04 Å². The van der Waals surface area contributed by atoms with Gasteiger partial charge < -0.3 is 10.2 Å². The number of rotatable bonds is 10. The molecule has 0 radical (unpaired) electrons. The summed E-state index contributed by atoms with van der Waals surface area (Å²) in [5.74, 6) is 1.35. The Morgan fingerprint density at radius 1 is 1.03 bits per heavy atom. The number of hydrogen-bond donors (Lipinski definition) is 1. The Bertz CT molecular complexity index is 717. The van der Waals surface area contributed by atoms with Gasteiger partial charge in [-0.1, -0.05) is 52.2 Å². The van der Waals surface area contributed by atoms with Gasteiger partial charge in [0.1, 0.15) is 0 Å². The van der Waals surface area contributed by atoms with Crippen LogP contribution in [0.15, 0.2) is 24.3 Å². The van der Waals surface area contributed by atoms with E-state index in [2.05, 4.69) is 43.1 Å². The van der Waals surface area contributed by atoms with E-state index in [1.807, 2.05) is 17.0 Å². The van der Waals surface area contributed by atoms with E-state index in [0.29, 0.717) is 24.9 Å². The first-order valence-electron chi connectivity index (χ1n) is 12.9. The van der Waals surface area contributed by atoms with Crippen molar-refractivity contribution in [1.82, 2.24) is 15.1 Å². The minimum Gasteiger partial charge on any atom is -0.355 e. The molecule has 32 heavy (non-hydrogen) atoms. The van der Waals surface area contributed by atoms with E-state index in [-0.39, 0.29) is 17.9 Å². The molecule has 3 rings (SSSR count). The first-order valence-corrected chi connectivity index (χ1v) is 12.9. The normalized spacial score (nSPS) is 18.8. The molecule has 1 aliphatic carbocycles. The average molecular weight is 442 g/mol. The molecule has 1 unspecified atom stereocenters. The summed E-state index contributed by atoms with van der Waals surface area (Å²) in [7, 11) is 0. The zero-order chi connectivity index (χ0) is 22.9. The van der Waals surface area contributed by atoms with Crippen LogP contribution in [0.3, 0.4) is 0 Å². The van der Waals surface area contributed by atoms with Crippen molar-refractivity contribution in [2.24, 2.45) is 11.8 Å². The van der Waals surface area contributed by atoms with E-state index in [9.17, 15) is 9.59 Å². The van der Waals surface area contributed by atoms with Crippen LogP contribution in [0, 0.1) is 11.8 Å². The van der Waals surface area contributed by atoms with Gasteiger partial charge in [-0.05, 0) is 61.6 Å². The molecule has 5 heteroatoms. The highest BCUT2D eigenvalue weighted by Crippen LogP contribution is 2.31. The predicted octanol–water partition coefficient (Wildman–Crippen LogP) is 4.51. The average Bonchev–Trinajstić information content (AvgIpc) is 3.32. The second-order valence-electron chi connectivity index (χ2n) is 10.1. The second-order valence-corrected chi connectivity index (χ2v) is 10.1. The van der Waals surface area contributed by atoms with Gasteiger partial charge in [-0.2, -0.15) is 0 Å². The molecule has 1 aromatic rings. The molecular weight excluding hydrogens is 398 g/mol. The molecule has 1 saturated carbocycles. The molecule has 1 aromatic carbocycles. The third-order valence-electron chi connectivity index (χ3n) is 7.15. The van der Waals surface area contributed by atoms with Crippen molar-refractivity contribution in [2.45, 2.75) is 78.2 Å². The Morgan fingerprint density at radius 2 is 1.69 bits per heavy atom. The van der Waals surface area contributed by atoms with E-state index in [1.54, 1.807) is 0 Å². The van der Waals surface area contributed by atoms with Crippen molar-refractivity contribution in [3.05, 3.63) is 35.4 Å². The smallest absolute Gasteiger partial charge is 0.253 e. The highest BCUT2D eigenvalue weighted by molar-refractivity contribution is 5.94. The van der Waals surface area contributed by atoms with Crippen molar-refractivity contribution < 1.29 is 9.59 Å². The van der Waals surface area contributed by atoms with E-state index in [4.69, 9.17) is 0 Å². The van der Waals surface area contributed by atoms with Crippen molar-refractivity contribution in [3.8, 4) is 0 Å². The van der Waals surface area contributed by atoms with Crippen molar-refractivity contribution in [2.75, 3.05) is 32.7 Å². The van der Waals surface area contributed by atoms with Gasteiger partial charge in [0.25, 0.3) is 5.91 Å². The summed E-state index contributed by atoms with van der Waals surface area (Å²) in [6.45, 7) is 10.3. The number of nitrogens with zero attached hydrogens (tertiary/aromatic N) is 2. The van der Waals surface area contributed by atoms with Gasteiger partial charge >= 0.3 is 0 Å². The zero-order valence-electron chi connectivity index (χ0n) is 20.4. The molecule has 5 nitrogen and oxygen atoms in total. The fourth-order valence-corrected chi connectivity index (χ4v) is 5.12. The van der Waals surface area contributed by atoms with Crippen LogP contribution >= 0.6 is 0 Å². The molecule has 1 aliphatic heterocycles. The molecular formula is C27H43N3O2. The minimum atomic E-state index is -0.0419. The van der Waals surface area contributed by atoms with Crippen LogP contribution in [0.1, 0.15) is 81.6 Å². The lowest BCUT2D eigenvalue weighted by molar-refractivity contribution is -0.129. The molecule has 1 saturated heterocycles. The Morgan fingerprint density at radius 3 is 2.28 bits per heavy atom. The summed E-state index contributed by atoms with van der Waals surface area (Å²) in [6, 6.07) is 8.10. The first-order chi connectivity index (χ1) is 15.5. The number of unbranched alkanes of at least 4 members (excludes halogenated alkanes) is 1. The van der Waals surface area contributed by atoms with Gasteiger partial charge in [0, 0.05) is 38.3 Å². The van der Waals surface area contributed by atoms with Crippen LogP contribution < -0.4 is 5.32 Å². The number of benzene rings is 1. The minimum absolute atomic E-state index is 0.0419. The molecule has 1 N–H and O–H groups in total. The standard InChI is InChI=1S/C27H43N3O2/c1-4-5-8-22-11-13-24(14-12-22)27(32)30-19-17-29(18-20-30)25(23-9-6-7-10-23)26(31)28-16-15-21(2)3/h11-14,21,23,25H,4-10,15-20H2,1-3H3,(H,28,31). The number of amides is 2. The van der Waals surface area contributed by atoms with Gasteiger partial charge in [-0.3, -0.25) is 14.5 Å². The van der Waals surface area contributed by atoms with Gasteiger partial charge in [0.15, 0.2) is 0 Å². The van der Waals surface area contributed by atoms with Crippen molar-refractivity contribution in [1.29, 1.82) is 0 Å². The summed E-state index contributed by atoms with van der Waals surface area (Å²) in [4.78, 5) is 30.5. The number of aryl methyl sites for hydroxylation is 1. The van der Waals surface area contributed by atoms with Gasteiger partial charge in [-0.15, -0.1) is 0 Å². The summed E-state index contributed by atoms with van der Waals surface area (Å²) < 4.78 is 0. The highest BCUT2D eigenvalue weighted by atomic mass is 16.2. The van der Waals surface area contributed by atoms with Crippen LogP contribution in [0.25, 0.3) is 0 Å². The molecule has 1 atom stereocenters. The monoisotopic (exact) mass is 441 g/mol. The number of piperazine rings is 1. The maximum absolute atomic E-state index is 13.1. The van der Waals surface area contributed by atoms with E-state index in [0.717, 1.165) is 50.9 Å². The molecule has 1 heterocycles. The lowest BCUT2D eigenvalue weighted by atomic mass is 9.94. The summed E-state index contributed by atoms with van der Waals surface area (Å²) in [5, 5.41) is 3.21. The third-order valence-corrected chi connectivity index (χ3v) is 7.15. The number of carbonyl (C=O) groups is 2. The summed E-state index contributed by atoms with van der Waals surface area (Å²) in [5.41, 5.74) is 2.08. The Labute approximate surface area is 194 Å². The number of hydrogen-bond acceptors (Lipinski definition) is 3. The van der Waals surface area contributed by atoms with E-state index < -0.39 is 0 Å². The third kappa shape index (κ3) is 6.81. The number of carbonyl (C=O) groups excluding carboxylic acids is 2. The van der Waals surface area contributed by atoms with Crippen LogP contribution in [0.2, 0.25) is 0 Å². The fourth-order valence-electron chi connectivity index (χ4n) is 5.12. The van der Waals surface area contributed by atoms with E-state index in [1.165, 1.54) is 31.2 Å². The molecule has 0 spiro atoms. The lowest BCUT2D eigenvalue weighted by Gasteiger charge is -2.40. The highest BCUT2D eigenvalue weighted by Gasteiger charge is 2.37. The van der Waals surface area contributed by atoms with Crippen molar-refractivity contribution in [3.63, 3.8) is 0 Å². The summed E-state index contributed by atoms with van der Waals surface area (Å²) >= 11 is 0. The SMILES string of the molecule is CCCCc1ccc(C(=O)N2CCN(C(C(=O)NCCC(C)C)C3CCCC3)CC2)cc1. The molecule has 178 valence electrons. The largest absolute Gasteiger partial charge is 0.355 e. The van der Waals surface area contributed by atoms with Gasteiger partial charge in [0.2, 0.25) is 5.91 Å². The number of nitrogens with one attached hydrogen (secondary N) is 1. The van der Waals surface area contributed by atoms with Crippen LogP contribution in [0.4, 0.5) is 0 Å². The molecule has 2 amide bonds. The topological polar surface area (TPSA) is 52.7 Å². The summed E-state index contributed by atoms with van der Waals surface area (Å²) in [6.07, 6.45) is 9.21. The molecule has 0 aromatic heterocycles. The molecule has 0 bridgehead atoms. The Balaban J connectivity index is 1.56. The fraction of sp³-hybridized carbons (Fsp3) is 0.704. The maximum Gasteiger partial charge on any atom is 0.253 e. The predicted molar refractivity (Wildman–Crippen MR) is 131 cm³/mol. The second kappa shape index (κ2) is 12.4. The van der Waals surface area contributed by atoms with Crippen LogP contribution in [0.5, 0.6) is 0 Å². The van der Waals surface area contributed by atoms with Crippen molar-refractivity contribution >= 4 is 11.8 Å². The molecule has 2 fully saturated rings. The van der Waals surface area contributed by atoms with E-state index >= 15 is 0 Å². The van der Waals surface area contributed by atoms with Crippen LogP contribution in [-0.2, 0) is 11.2 Å². The Hall–Kier alpha value is -1.88. The Kier molecular flexibility index (Phi) is 9.58. The van der Waals surface area contributed by atoms with Gasteiger partial charge in [-0.25, -0.2) is 0 Å². The zero-order valence-corrected chi connectivity index (χ0v) is 20.4.